The van der Waals surface area contributed by atoms with Gasteiger partial charge in [0, 0.05) is 39.3 Å². The summed E-state index contributed by atoms with van der Waals surface area (Å²) in [7, 11) is 0. The number of halogens is 3. The number of nitrogens with zero attached hydrogens (tertiary/aromatic N) is 5. The SMILES string of the molecule is CC(C)(C)OC(=O)N1CCCN(c2ccc(NC(=O)c3oc(N4CCC(c5ccccc5)CC4)nc3C(F)(F)F)cn2)CC1. The number of oxazole rings is 1. The molecule has 0 saturated carbocycles. The first-order chi connectivity index (χ1) is 20.9. The number of alkyl halides is 3. The number of piperidine rings is 1. The number of benzene rings is 1. The van der Waals surface area contributed by atoms with Gasteiger partial charge in [0.2, 0.25) is 5.76 Å². The largest absolute Gasteiger partial charge is 0.444 e. The van der Waals surface area contributed by atoms with Gasteiger partial charge in [-0.1, -0.05) is 30.3 Å². The predicted molar refractivity (Wildman–Crippen MR) is 159 cm³/mol. The maximum Gasteiger partial charge on any atom is 0.437 e. The monoisotopic (exact) mass is 614 g/mol. The molecule has 3 aromatic rings. The molecule has 13 heteroatoms. The third-order valence-electron chi connectivity index (χ3n) is 7.60. The van der Waals surface area contributed by atoms with E-state index in [4.69, 9.17) is 9.15 Å². The molecule has 0 unspecified atom stereocenters. The minimum absolute atomic E-state index is 0.207. The minimum atomic E-state index is -4.88. The normalized spacial score (nSPS) is 16.9. The van der Waals surface area contributed by atoms with Crippen molar-refractivity contribution in [1.82, 2.24) is 14.9 Å². The fourth-order valence-electron chi connectivity index (χ4n) is 5.41. The number of hydrogen-bond acceptors (Lipinski definition) is 8. The molecule has 10 nitrogen and oxygen atoms in total. The number of rotatable bonds is 5. The van der Waals surface area contributed by atoms with Gasteiger partial charge in [-0.2, -0.15) is 18.2 Å². The topological polar surface area (TPSA) is 104 Å². The van der Waals surface area contributed by atoms with E-state index >= 15 is 0 Å². The summed E-state index contributed by atoms with van der Waals surface area (Å²) in [6, 6.07) is 13.0. The Hall–Kier alpha value is -4.29. The van der Waals surface area contributed by atoms with E-state index in [1.807, 2.05) is 56.0 Å². The Morgan fingerprint density at radius 2 is 1.66 bits per heavy atom. The highest BCUT2D eigenvalue weighted by Crippen LogP contribution is 2.36. The number of nitrogens with one attached hydrogen (secondary N) is 1. The van der Waals surface area contributed by atoms with Gasteiger partial charge >= 0.3 is 12.3 Å². The summed E-state index contributed by atoms with van der Waals surface area (Å²) >= 11 is 0. The molecule has 2 aliphatic rings. The van der Waals surface area contributed by atoms with Crippen molar-refractivity contribution in [2.75, 3.05) is 54.4 Å². The third-order valence-corrected chi connectivity index (χ3v) is 7.60. The van der Waals surface area contributed by atoms with Gasteiger partial charge in [-0.3, -0.25) is 4.79 Å². The quantitative estimate of drug-likeness (QED) is 0.364. The molecule has 44 heavy (non-hydrogen) atoms. The van der Waals surface area contributed by atoms with Crippen molar-refractivity contribution >= 4 is 29.5 Å². The standard InChI is InChI=1S/C31H37F3N6O4/c1-30(2,3)44-29(42)40-15-7-14-38(18-19-40)24-11-10-23(20-35-24)36-27(41)25-26(31(32,33)34)37-28(43-25)39-16-12-22(13-17-39)21-8-5-4-6-9-21/h4-6,8-11,20,22H,7,12-19H2,1-3H3,(H,36,41). The number of aromatic nitrogens is 2. The minimum Gasteiger partial charge on any atom is -0.444 e. The molecule has 2 saturated heterocycles. The van der Waals surface area contributed by atoms with Gasteiger partial charge < -0.3 is 29.2 Å². The van der Waals surface area contributed by atoms with E-state index in [1.54, 1.807) is 21.9 Å². The molecule has 236 valence electrons. The van der Waals surface area contributed by atoms with E-state index in [9.17, 15) is 22.8 Å². The lowest BCUT2D eigenvalue weighted by Gasteiger charge is -2.31. The van der Waals surface area contributed by atoms with Crippen LogP contribution in [-0.4, -0.2) is 71.7 Å². The van der Waals surface area contributed by atoms with Crippen molar-refractivity contribution in [2.24, 2.45) is 0 Å². The zero-order valence-electron chi connectivity index (χ0n) is 25.1. The lowest BCUT2D eigenvalue weighted by atomic mass is 9.90. The number of hydrogen-bond donors (Lipinski definition) is 1. The molecular weight excluding hydrogens is 577 g/mol. The Labute approximate surface area is 254 Å². The lowest BCUT2D eigenvalue weighted by molar-refractivity contribution is -0.141. The van der Waals surface area contributed by atoms with Gasteiger partial charge in [0.05, 0.1) is 11.9 Å². The molecule has 5 rings (SSSR count). The molecule has 2 fully saturated rings. The molecule has 1 aromatic carbocycles. The Balaban J connectivity index is 1.22. The molecule has 0 atom stereocenters. The molecule has 0 bridgehead atoms. The first-order valence-corrected chi connectivity index (χ1v) is 14.8. The highest BCUT2D eigenvalue weighted by atomic mass is 19.4. The molecule has 4 heterocycles. The number of anilines is 3. The van der Waals surface area contributed by atoms with Crippen LogP contribution in [0.25, 0.3) is 0 Å². The van der Waals surface area contributed by atoms with E-state index in [-0.39, 0.29) is 17.8 Å². The van der Waals surface area contributed by atoms with Crippen molar-refractivity contribution in [2.45, 2.75) is 57.7 Å². The van der Waals surface area contributed by atoms with Gasteiger partial charge in [-0.15, -0.1) is 0 Å². The van der Waals surface area contributed by atoms with Crippen LogP contribution in [0.2, 0.25) is 0 Å². The molecule has 0 radical (unpaired) electrons. The molecule has 0 spiro atoms. The van der Waals surface area contributed by atoms with Gasteiger partial charge in [-0.25, -0.2) is 9.78 Å². The number of ether oxygens (including phenoxy) is 1. The smallest absolute Gasteiger partial charge is 0.437 e. The summed E-state index contributed by atoms with van der Waals surface area (Å²) in [6.45, 7) is 8.54. The van der Waals surface area contributed by atoms with Crippen molar-refractivity contribution < 1.29 is 31.9 Å². The summed E-state index contributed by atoms with van der Waals surface area (Å²) in [5, 5.41) is 2.46. The maximum atomic E-state index is 13.9. The Morgan fingerprint density at radius 1 is 0.932 bits per heavy atom. The number of carbonyl (C=O) groups excluding carboxylic acids is 2. The van der Waals surface area contributed by atoms with E-state index in [1.165, 1.54) is 11.8 Å². The Bertz CT molecular complexity index is 1430. The van der Waals surface area contributed by atoms with Crippen LogP contribution in [0.3, 0.4) is 0 Å². The third kappa shape index (κ3) is 7.61. The van der Waals surface area contributed by atoms with Crippen LogP contribution in [-0.2, 0) is 10.9 Å². The summed E-state index contributed by atoms with van der Waals surface area (Å²) in [6.07, 6.45) is -1.71. The van der Waals surface area contributed by atoms with E-state index in [0.717, 1.165) is 12.8 Å². The zero-order valence-corrected chi connectivity index (χ0v) is 25.1. The van der Waals surface area contributed by atoms with E-state index in [2.05, 4.69) is 15.3 Å². The van der Waals surface area contributed by atoms with Crippen LogP contribution in [0.4, 0.5) is 35.5 Å². The van der Waals surface area contributed by atoms with Crippen molar-refractivity contribution in [3.8, 4) is 0 Å². The van der Waals surface area contributed by atoms with Gasteiger partial charge in [0.15, 0.2) is 5.69 Å². The molecular formula is C31H37F3N6O4. The number of carbonyl (C=O) groups is 2. The Kier molecular flexibility index (Phi) is 9.02. The average molecular weight is 615 g/mol. The zero-order chi connectivity index (χ0) is 31.5. The summed E-state index contributed by atoms with van der Waals surface area (Å²) < 4.78 is 52.6. The summed E-state index contributed by atoms with van der Waals surface area (Å²) in [5.74, 6) is -1.05. The highest BCUT2D eigenvalue weighted by molar-refractivity contribution is 6.03. The molecule has 0 aliphatic carbocycles. The fraction of sp³-hybridized carbons (Fsp3) is 0.484. The first kappa shape index (κ1) is 31.1. The van der Waals surface area contributed by atoms with E-state index in [0.29, 0.717) is 57.4 Å². The fourth-order valence-corrected chi connectivity index (χ4v) is 5.41. The highest BCUT2D eigenvalue weighted by Gasteiger charge is 2.42. The molecule has 2 aliphatic heterocycles. The molecule has 1 N–H and O–H groups in total. The second-order valence-corrected chi connectivity index (χ2v) is 12.0. The van der Waals surface area contributed by atoms with Gasteiger partial charge in [0.1, 0.15) is 11.4 Å². The number of amides is 2. The van der Waals surface area contributed by atoms with Crippen LogP contribution in [0.1, 0.15) is 67.8 Å². The van der Waals surface area contributed by atoms with Crippen molar-refractivity contribution in [3.05, 3.63) is 65.7 Å². The van der Waals surface area contributed by atoms with Crippen LogP contribution in [0.5, 0.6) is 0 Å². The number of pyridine rings is 1. The second kappa shape index (κ2) is 12.7. The van der Waals surface area contributed by atoms with E-state index < -0.39 is 29.1 Å². The summed E-state index contributed by atoms with van der Waals surface area (Å²) in [5.41, 5.74) is -0.551. The van der Waals surface area contributed by atoms with Crippen LogP contribution in [0.15, 0.2) is 53.1 Å². The molecule has 2 aromatic heterocycles. The second-order valence-electron chi connectivity index (χ2n) is 12.0. The lowest BCUT2D eigenvalue weighted by Crippen LogP contribution is -2.39. The van der Waals surface area contributed by atoms with Gasteiger partial charge in [-0.05, 0) is 63.6 Å². The van der Waals surface area contributed by atoms with Crippen LogP contribution in [0, 0.1) is 0 Å². The van der Waals surface area contributed by atoms with Gasteiger partial charge in [0.25, 0.3) is 11.9 Å². The summed E-state index contributed by atoms with van der Waals surface area (Å²) in [4.78, 5) is 38.9. The van der Waals surface area contributed by atoms with Crippen LogP contribution >= 0.6 is 0 Å². The predicted octanol–water partition coefficient (Wildman–Crippen LogP) is 6.17. The van der Waals surface area contributed by atoms with Crippen molar-refractivity contribution in [3.63, 3.8) is 0 Å². The van der Waals surface area contributed by atoms with Crippen molar-refractivity contribution in [1.29, 1.82) is 0 Å². The van der Waals surface area contributed by atoms with Crippen LogP contribution < -0.4 is 15.1 Å². The molecule has 2 amide bonds. The Morgan fingerprint density at radius 3 is 2.30 bits per heavy atom. The first-order valence-electron chi connectivity index (χ1n) is 14.8. The average Bonchev–Trinajstić information content (AvgIpc) is 3.30. The maximum absolute atomic E-state index is 13.9.